The van der Waals surface area contributed by atoms with Crippen LogP contribution in [0.2, 0.25) is 0 Å². The van der Waals surface area contributed by atoms with Crippen LogP contribution in [0.3, 0.4) is 0 Å². The van der Waals surface area contributed by atoms with Gasteiger partial charge in [-0.25, -0.2) is 9.78 Å². The van der Waals surface area contributed by atoms with Crippen molar-refractivity contribution in [2.45, 2.75) is 32.7 Å². The average molecular weight is 420 g/mol. The van der Waals surface area contributed by atoms with E-state index in [-0.39, 0.29) is 18.0 Å². The van der Waals surface area contributed by atoms with Gasteiger partial charge in [0, 0.05) is 44.5 Å². The Bertz CT molecular complexity index is 1130. The Kier molecular flexibility index (Phi) is 5.67. The van der Waals surface area contributed by atoms with Gasteiger partial charge < -0.3 is 19.7 Å². The average Bonchev–Trinajstić information content (AvgIpc) is 3.19. The number of carbonyl (C=O) groups excluding carboxylic acids is 2. The van der Waals surface area contributed by atoms with E-state index in [1.807, 2.05) is 54.5 Å². The lowest BCUT2D eigenvalue weighted by Crippen LogP contribution is -2.41. The van der Waals surface area contributed by atoms with Crippen molar-refractivity contribution < 1.29 is 9.59 Å². The first-order valence-corrected chi connectivity index (χ1v) is 10.6. The Labute approximate surface area is 182 Å². The summed E-state index contributed by atoms with van der Waals surface area (Å²) < 4.78 is 2.18. The Hall–Kier alpha value is -3.35. The zero-order chi connectivity index (χ0) is 22.1. The summed E-state index contributed by atoms with van der Waals surface area (Å²) in [7, 11) is 3.49. The molecule has 0 radical (unpaired) electrons. The number of aryl methyl sites for hydroxylation is 2. The van der Waals surface area contributed by atoms with Crippen molar-refractivity contribution in [3.8, 4) is 0 Å². The fourth-order valence-corrected chi connectivity index (χ4v) is 4.08. The Balaban J connectivity index is 1.41. The molecular formula is C24H29N5O2. The van der Waals surface area contributed by atoms with Gasteiger partial charge >= 0.3 is 6.03 Å². The lowest BCUT2D eigenvalue weighted by atomic mass is 10.0. The van der Waals surface area contributed by atoms with Gasteiger partial charge in [-0.2, -0.15) is 0 Å². The number of rotatable bonds is 3. The lowest BCUT2D eigenvalue weighted by molar-refractivity contribution is 0.0827. The molecule has 2 heterocycles. The number of amides is 3. The third-order valence-electron chi connectivity index (χ3n) is 6.13. The van der Waals surface area contributed by atoms with Crippen LogP contribution in [0.25, 0.3) is 11.0 Å². The van der Waals surface area contributed by atoms with E-state index in [1.54, 1.807) is 19.0 Å². The molecule has 0 bridgehead atoms. The Morgan fingerprint density at radius 1 is 1.03 bits per heavy atom. The van der Waals surface area contributed by atoms with Gasteiger partial charge in [-0.15, -0.1) is 0 Å². The molecule has 1 aliphatic heterocycles. The summed E-state index contributed by atoms with van der Waals surface area (Å²) in [4.78, 5) is 32.9. The summed E-state index contributed by atoms with van der Waals surface area (Å²) >= 11 is 0. The monoisotopic (exact) mass is 419 g/mol. The van der Waals surface area contributed by atoms with Crippen molar-refractivity contribution in [2.75, 3.05) is 32.5 Å². The minimum atomic E-state index is -0.0518. The number of anilines is 1. The van der Waals surface area contributed by atoms with Crippen LogP contribution in [0.15, 0.2) is 42.7 Å². The minimum absolute atomic E-state index is 0.0282. The molecule has 7 nitrogen and oxygen atoms in total. The molecule has 1 fully saturated rings. The van der Waals surface area contributed by atoms with Crippen molar-refractivity contribution >= 4 is 28.7 Å². The first-order chi connectivity index (χ1) is 14.8. The van der Waals surface area contributed by atoms with Gasteiger partial charge in [-0.3, -0.25) is 4.79 Å². The van der Waals surface area contributed by atoms with E-state index in [0.717, 1.165) is 29.6 Å². The van der Waals surface area contributed by atoms with E-state index in [4.69, 9.17) is 0 Å². The van der Waals surface area contributed by atoms with E-state index in [0.29, 0.717) is 18.7 Å². The molecular weight excluding hydrogens is 390 g/mol. The van der Waals surface area contributed by atoms with Crippen LogP contribution in [0.1, 0.15) is 40.4 Å². The first-order valence-electron chi connectivity index (χ1n) is 10.6. The van der Waals surface area contributed by atoms with Gasteiger partial charge in [0.05, 0.1) is 17.4 Å². The molecule has 0 aliphatic carbocycles. The molecule has 0 saturated carbocycles. The second-order valence-electron chi connectivity index (χ2n) is 8.50. The van der Waals surface area contributed by atoms with Crippen molar-refractivity contribution in [3.63, 3.8) is 0 Å². The third kappa shape index (κ3) is 4.26. The maximum atomic E-state index is 12.7. The maximum absolute atomic E-state index is 12.7. The van der Waals surface area contributed by atoms with Crippen LogP contribution in [-0.2, 0) is 0 Å². The molecule has 3 aromatic rings. The van der Waals surface area contributed by atoms with E-state index < -0.39 is 0 Å². The van der Waals surface area contributed by atoms with Crippen LogP contribution in [0.5, 0.6) is 0 Å². The van der Waals surface area contributed by atoms with Crippen molar-refractivity contribution in [1.29, 1.82) is 0 Å². The Morgan fingerprint density at radius 3 is 2.45 bits per heavy atom. The zero-order valence-corrected chi connectivity index (χ0v) is 18.6. The molecule has 7 heteroatoms. The molecule has 31 heavy (non-hydrogen) atoms. The van der Waals surface area contributed by atoms with E-state index in [1.165, 1.54) is 11.1 Å². The topological polar surface area (TPSA) is 70.5 Å². The molecule has 1 N–H and O–H groups in total. The van der Waals surface area contributed by atoms with Gasteiger partial charge in [0.1, 0.15) is 0 Å². The van der Waals surface area contributed by atoms with Crippen LogP contribution in [0, 0.1) is 13.8 Å². The van der Waals surface area contributed by atoms with Gasteiger partial charge in [0.25, 0.3) is 5.91 Å². The van der Waals surface area contributed by atoms with Gasteiger partial charge in [0.15, 0.2) is 0 Å². The summed E-state index contributed by atoms with van der Waals surface area (Å²) in [5.41, 5.74) is 5.69. The normalized spacial score (nSPS) is 14.6. The number of urea groups is 1. The largest absolute Gasteiger partial charge is 0.345 e. The molecule has 4 rings (SSSR count). The molecule has 1 aromatic heterocycles. The molecule has 162 valence electrons. The quantitative estimate of drug-likeness (QED) is 0.691. The van der Waals surface area contributed by atoms with Crippen LogP contribution < -0.4 is 5.32 Å². The number of aromatic nitrogens is 2. The maximum Gasteiger partial charge on any atom is 0.321 e. The van der Waals surface area contributed by atoms with E-state index >= 15 is 0 Å². The number of nitrogens with one attached hydrogen (secondary N) is 1. The number of hydrogen-bond donors (Lipinski definition) is 1. The SMILES string of the molecule is Cc1ccc(NC(=O)N2CCC(n3cnc4cc(C(=O)N(C)C)ccc43)CC2)cc1C. The summed E-state index contributed by atoms with van der Waals surface area (Å²) in [6.45, 7) is 5.49. The fraction of sp³-hybridized carbons (Fsp3) is 0.375. The molecule has 2 aromatic carbocycles. The Morgan fingerprint density at radius 2 is 1.77 bits per heavy atom. The van der Waals surface area contributed by atoms with E-state index in [9.17, 15) is 9.59 Å². The molecule has 1 saturated heterocycles. The van der Waals surface area contributed by atoms with Crippen LogP contribution >= 0.6 is 0 Å². The number of carbonyl (C=O) groups is 2. The standard InChI is InChI=1S/C24H29N5O2/c1-16-5-7-19(13-17(16)2)26-24(31)28-11-9-20(10-12-28)29-15-25-21-14-18(6-8-22(21)29)23(30)27(3)4/h5-8,13-15,20H,9-12H2,1-4H3,(H,26,31). The highest BCUT2D eigenvalue weighted by Crippen LogP contribution is 2.27. The first kappa shape index (κ1) is 20.9. The van der Waals surface area contributed by atoms with Gasteiger partial charge in [-0.1, -0.05) is 6.07 Å². The number of fused-ring (bicyclic) bond motifs is 1. The van der Waals surface area contributed by atoms with Crippen molar-refractivity contribution in [1.82, 2.24) is 19.4 Å². The molecule has 1 aliphatic rings. The number of piperidine rings is 1. The van der Waals surface area contributed by atoms with Crippen molar-refractivity contribution in [2.24, 2.45) is 0 Å². The number of likely N-dealkylation sites (tertiary alicyclic amines) is 1. The molecule has 3 amide bonds. The number of hydrogen-bond acceptors (Lipinski definition) is 3. The minimum Gasteiger partial charge on any atom is -0.345 e. The highest BCUT2D eigenvalue weighted by atomic mass is 16.2. The predicted octanol–water partition coefficient (Wildman–Crippen LogP) is 4.22. The predicted molar refractivity (Wildman–Crippen MR) is 123 cm³/mol. The summed E-state index contributed by atoms with van der Waals surface area (Å²) in [6, 6.07) is 11.9. The smallest absolute Gasteiger partial charge is 0.321 e. The van der Waals surface area contributed by atoms with E-state index in [2.05, 4.69) is 21.8 Å². The summed E-state index contributed by atoms with van der Waals surface area (Å²) in [5.74, 6) is -0.0282. The highest BCUT2D eigenvalue weighted by Gasteiger charge is 2.25. The third-order valence-corrected chi connectivity index (χ3v) is 6.13. The number of imidazole rings is 1. The van der Waals surface area contributed by atoms with Crippen LogP contribution in [0.4, 0.5) is 10.5 Å². The fourth-order valence-electron chi connectivity index (χ4n) is 4.08. The second kappa shape index (κ2) is 8.41. The molecule has 0 unspecified atom stereocenters. The highest BCUT2D eigenvalue weighted by molar-refractivity contribution is 5.97. The van der Waals surface area contributed by atoms with Gasteiger partial charge in [0.2, 0.25) is 0 Å². The van der Waals surface area contributed by atoms with Crippen LogP contribution in [-0.4, -0.2) is 58.5 Å². The number of nitrogens with zero attached hydrogens (tertiary/aromatic N) is 4. The lowest BCUT2D eigenvalue weighted by Gasteiger charge is -2.33. The number of benzene rings is 2. The van der Waals surface area contributed by atoms with Gasteiger partial charge in [-0.05, 0) is 68.1 Å². The summed E-state index contributed by atoms with van der Waals surface area (Å²) in [5, 5.41) is 3.02. The zero-order valence-electron chi connectivity index (χ0n) is 18.6. The van der Waals surface area contributed by atoms with Crippen molar-refractivity contribution in [3.05, 3.63) is 59.4 Å². The molecule has 0 atom stereocenters. The summed E-state index contributed by atoms with van der Waals surface area (Å²) in [6.07, 6.45) is 3.58. The molecule has 0 spiro atoms. The second-order valence-corrected chi connectivity index (χ2v) is 8.50.